The molecule has 1 rings (SSSR count). The third-order valence-corrected chi connectivity index (χ3v) is 2.66. The molecule has 1 aromatic heterocycles. The van der Waals surface area contributed by atoms with E-state index in [1.807, 2.05) is 13.8 Å². The molecule has 22 heavy (non-hydrogen) atoms. The van der Waals surface area contributed by atoms with Crippen LogP contribution in [0.25, 0.3) is 5.88 Å². The van der Waals surface area contributed by atoms with E-state index in [9.17, 15) is 19.5 Å². The van der Waals surface area contributed by atoms with E-state index in [2.05, 4.69) is 10.4 Å². The molecule has 0 aliphatic heterocycles. The highest BCUT2D eigenvalue weighted by molar-refractivity contribution is 5.94. The molecule has 0 bridgehead atoms. The number of aliphatic hydroxyl groups is 1. The summed E-state index contributed by atoms with van der Waals surface area (Å²) in [6.07, 6.45) is 1.09. The van der Waals surface area contributed by atoms with Crippen LogP contribution in [0.4, 0.5) is 5.82 Å². The van der Waals surface area contributed by atoms with E-state index in [4.69, 9.17) is 4.74 Å². The van der Waals surface area contributed by atoms with Gasteiger partial charge in [-0.15, -0.1) is 0 Å². The van der Waals surface area contributed by atoms with Crippen molar-refractivity contribution in [2.24, 2.45) is 5.92 Å². The second-order valence-corrected chi connectivity index (χ2v) is 4.87. The van der Waals surface area contributed by atoms with Crippen LogP contribution in [0.1, 0.15) is 37.7 Å². The van der Waals surface area contributed by atoms with Gasteiger partial charge in [-0.1, -0.05) is 13.8 Å². The highest BCUT2D eigenvalue weighted by Crippen LogP contribution is 2.22. The van der Waals surface area contributed by atoms with E-state index in [1.54, 1.807) is 6.92 Å². The zero-order valence-corrected chi connectivity index (χ0v) is 12.7. The molecule has 0 spiro atoms. The predicted molar refractivity (Wildman–Crippen MR) is 79.2 cm³/mol. The molecule has 0 saturated heterocycles. The number of ether oxygens (including phenoxy) is 1. The quantitative estimate of drug-likeness (QED) is 0.326. The molecule has 8 heteroatoms. The van der Waals surface area contributed by atoms with Crippen LogP contribution in [0.3, 0.4) is 0 Å². The van der Waals surface area contributed by atoms with Crippen LogP contribution in [0.15, 0.2) is 11.6 Å². The molecule has 0 aliphatic carbocycles. The van der Waals surface area contributed by atoms with Crippen molar-refractivity contribution >= 4 is 30.4 Å². The molecular formula is C14H19N3O5. The minimum absolute atomic E-state index is 0.00339. The lowest BCUT2D eigenvalue weighted by Crippen LogP contribution is -2.16. The number of carbonyl (C=O) groups excluding carboxylic acids is 3. The van der Waals surface area contributed by atoms with Gasteiger partial charge in [0.05, 0.1) is 12.2 Å². The maximum Gasteiger partial charge on any atom is 0.339 e. The van der Waals surface area contributed by atoms with Crippen molar-refractivity contribution < 1.29 is 24.2 Å². The van der Waals surface area contributed by atoms with Gasteiger partial charge in [0.15, 0.2) is 6.29 Å². The van der Waals surface area contributed by atoms with Gasteiger partial charge in [0.2, 0.25) is 12.3 Å². The Hall–Kier alpha value is -2.64. The Balaban J connectivity index is 3.37. The van der Waals surface area contributed by atoms with Crippen molar-refractivity contribution in [2.75, 3.05) is 11.9 Å². The molecule has 120 valence electrons. The summed E-state index contributed by atoms with van der Waals surface area (Å²) in [4.78, 5) is 33.4. The van der Waals surface area contributed by atoms with Crippen LogP contribution in [-0.2, 0) is 14.3 Å². The molecule has 0 atom stereocenters. The Kier molecular flexibility index (Phi) is 6.30. The number of amides is 1. The van der Waals surface area contributed by atoms with Crippen molar-refractivity contribution in [3.63, 3.8) is 0 Å². The predicted octanol–water partition coefficient (Wildman–Crippen LogP) is 1.60. The van der Waals surface area contributed by atoms with Crippen LogP contribution < -0.4 is 5.32 Å². The molecule has 8 nitrogen and oxygen atoms in total. The van der Waals surface area contributed by atoms with Crippen LogP contribution in [0, 0.1) is 5.92 Å². The molecule has 0 radical (unpaired) electrons. The van der Waals surface area contributed by atoms with Gasteiger partial charge in [0, 0.05) is 6.07 Å². The number of nitrogens with one attached hydrogen (secondary N) is 1. The Morgan fingerprint density at radius 1 is 1.50 bits per heavy atom. The largest absolute Gasteiger partial charge is 0.493 e. The topological polar surface area (TPSA) is 111 Å². The first-order chi connectivity index (χ1) is 10.4. The summed E-state index contributed by atoms with van der Waals surface area (Å²) in [6.45, 7) is 5.56. The number of nitrogens with zero attached hydrogens (tertiary/aromatic N) is 2. The first-order valence-electron chi connectivity index (χ1n) is 6.79. The second-order valence-electron chi connectivity index (χ2n) is 4.87. The van der Waals surface area contributed by atoms with E-state index in [-0.39, 0.29) is 36.0 Å². The first kappa shape index (κ1) is 17.4. The molecule has 0 aliphatic rings. The molecule has 1 heterocycles. The third-order valence-electron chi connectivity index (χ3n) is 2.66. The number of aldehydes is 1. The molecular weight excluding hydrogens is 290 g/mol. The number of hydrogen-bond acceptors (Lipinski definition) is 6. The van der Waals surface area contributed by atoms with Crippen LogP contribution in [-0.4, -0.2) is 40.2 Å². The van der Waals surface area contributed by atoms with E-state index >= 15 is 0 Å². The molecule has 0 fully saturated rings. The van der Waals surface area contributed by atoms with E-state index < -0.39 is 11.9 Å². The standard InChI is InChI=1S/C14H19N3O5/c1-4-22-14(21)11(5-9(2)3)13(20)17-12(15-8-19)6-10(7-18)16-17/h6-9,20H,4-5H2,1-3H3,(H,15,19)/b13-11-. The van der Waals surface area contributed by atoms with Crippen LogP contribution in [0.2, 0.25) is 0 Å². The van der Waals surface area contributed by atoms with E-state index in [1.165, 1.54) is 6.07 Å². The number of aliphatic hydroxyl groups excluding tert-OH is 1. The summed E-state index contributed by atoms with van der Waals surface area (Å²) < 4.78 is 5.85. The van der Waals surface area contributed by atoms with Gasteiger partial charge in [0.1, 0.15) is 11.5 Å². The lowest BCUT2D eigenvalue weighted by molar-refractivity contribution is -0.138. The lowest BCUT2D eigenvalue weighted by Gasteiger charge is -2.13. The SMILES string of the molecule is CCOC(=O)/C(CC(C)C)=C(\O)n1nc(C=O)cc1NC=O. The van der Waals surface area contributed by atoms with E-state index in [0.29, 0.717) is 12.7 Å². The molecule has 2 N–H and O–H groups in total. The number of anilines is 1. The van der Waals surface area contributed by atoms with Crippen molar-refractivity contribution in [3.05, 3.63) is 17.3 Å². The van der Waals surface area contributed by atoms with Crippen LogP contribution >= 0.6 is 0 Å². The summed E-state index contributed by atoms with van der Waals surface area (Å²) in [6, 6.07) is 1.27. The highest BCUT2D eigenvalue weighted by Gasteiger charge is 2.22. The third kappa shape index (κ3) is 4.18. The number of rotatable bonds is 8. The molecule has 1 aromatic rings. The minimum Gasteiger partial charge on any atom is -0.493 e. The van der Waals surface area contributed by atoms with Gasteiger partial charge in [-0.25, -0.2) is 4.79 Å². The average molecular weight is 309 g/mol. The first-order valence-corrected chi connectivity index (χ1v) is 6.79. The van der Waals surface area contributed by atoms with Gasteiger partial charge >= 0.3 is 5.97 Å². The molecule has 0 unspecified atom stereocenters. The number of hydrogen-bond donors (Lipinski definition) is 2. The Labute approximate surface area is 127 Å². The molecule has 0 saturated carbocycles. The fraction of sp³-hybridized carbons (Fsp3) is 0.429. The normalized spacial score (nSPS) is 11.8. The fourth-order valence-corrected chi connectivity index (χ4v) is 1.80. The Morgan fingerprint density at radius 3 is 2.68 bits per heavy atom. The monoisotopic (exact) mass is 309 g/mol. The van der Waals surface area contributed by atoms with Gasteiger partial charge in [0.25, 0.3) is 0 Å². The summed E-state index contributed by atoms with van der Waals surface area (Å²) in [7, 11) is 0. The highest BCUT2D eigenvalue weighted by atomic mass is 16.5. The molecule has 0 aromatic carbocycles. The summed E-state index contributed by atoms with van der Waals surface area (Å²) in [5.41, 5.74) is 0.0232. The summed E-state index contributed by atoms with van der Waals surface area (Å²) in [5, 5.41) is 16.5. The smallest absolute Gasteiger partial charge is 0.339 e. The second kappa shape index (κ2) is 7.96. The minimum atomic E-state index is -0.672. The zero-order valence-electron chi connectivity index (χ0n) is 12.7. The van der Waals surface area contributed by atoms with Crippen molar-refractivity contribution in [2.45, 2.75) is 27.2 Å². The maximum atomic E-state index is 12.0. The molecule has 1 amide bonds. The van der Waals surface area contributed by atoms with Gasteiger partial charge in [-0.2, -0.15) is 9.78 Å². The van der Waals surface area contributed by atoms with Gasteiger partial charge < -0.3 is 15.2 Å². The fourth-order valence-electron chi connectivity index (χ4n) is 1.80. The van der Waals surface area contributed by atoms with E-state index in [0.717, 1.165) is 4.68 Å². The van der Waals surface area contributed by atoms with Crippen LogP contribution in [0.5, 0.6) is 0 Å². The van der Waals surface area contributed by atoms with Gasteiger partial charge in [-0.05, 0) is 19.3 Å². The Bertz CT molecular complexity index is 589. The van der Waals surface area contributed by atoms with Crippen molar-refractivity contribution in [1.82, 2.24) is 9.78 Å². The number of esters is 1. The number of aromatic nitrogens is 2. The maximum absolute atomic E-state index is 12.0. The zero-order chi connectivity index (χ0) is 16.7. The van der Waals surface area contributed by atoms with Crippen molar-refractivity contribution in [1.29, 1.82) is 0 Å². The summed E-state index contributed by atoms with van der Waals surface area (Å²) >= 11 is 0. The Morgan fingerprint density at radius 2 is 2.18 bits per heavy atom. The lowest BCUT2D eigenvalue weighted by atomic mass is 10.0. The average Bonchev–Trinajstić information content (AvgIpc) is 2.87. The summed E-state index contributed by atoms with van der Waals surface area (Å²) in [5.74, 6) is -1.01. The van der Waals surface area contributed by atoms with Gasteiger partial charge in [-0.3, -0.25) is 9.59 Å². The van der Waals surface area contributed by atoms with Crippen molar-refractivity contribution in [3.8, 4) is 0 Å². The number of carbonyl (C=O) groups is 3.